The lowest BCUT2D eigenvalue weighted by Gasteiger charge is -2.34. The Morgan fingerprint density at radius 3 is 2.52 bits per heavy atom. The molecular formula is C17H27N5O3. The van der Waals surface area contributed by atoms with Crippen molar-refractivity contribution in [3.63, 3.8) is 0 Å². The van der Waals surface area contributed by atoms with Crippen molar-refractivity contribution in [2.75, 3.05) is 37.7 Å². The minimum Gasteiger partial charge on any atom is -0.450 e. The molecule has 25 heavy (non-hydrogen) atoms. The third-order valence-corrected chi connectivity index (χ3v) is 4.15. The van der Waals surface area contributed by atoms with Crippen LogP contribution < -0.4 is 10.2 Å². The minimum absolute atomic E-state index is 0.0966. The molecule has 1 saturated heterocycles. The van der Waals surface area contributed by atoms with Crippen LogP contribution in [0.15, 0.2) is 6.07 Å². The highest BCUT2D eigenvalue weighted by molar-refractivity contribution is 5.92. The van der Waals surface area contributed by atoms with Gasteiger partial charge in [-0.15, -0.1) is 0 Å². The van der Waals surface area contributed by atoms with Crippen LogP contribution in [0.4, 0.5) is 10.7 Å². The summed E-state index contributed by atoms with van der Waals surface area (Å²) in [6, 6.07) is 1.79. The van der Waals surface area contributed by atoms with E-state index in [1.54, 1.807) is 17.9 Å². The molecule has 138 valence electrons. The molecule has 1 aliphatic heterocycles. The molecule has 1 aliphatic rings. The van der Waals surface area contributed by atoms with Gasteiger partial charge in [-0.05, 0) is 33.3 Å². The number of anilines is 1. The standard InChI is InChI=1S/C17H27N5O3/c1-5-12(3)18-15(23)14-11-13(4)19-16(20-14)21-7-9-22(10-8-21)17(24)25-6-2/h11-12H,5-10H2,1-4H3,(H,18,23). The van der Waals surface area contributed by atoms with Gasteiger partial charge in [0.15, 0.2) is 0 Å². The molecule has 2 amide bonds. The zero-order valence-electron chi connectivity index (χ0n) is 15.4. The topological polar surface area (TPSA) is 87.7 Å². The quantitative estimate of drug-likeness (QED) is 0.869. The predicted molar refractivity (Wildman–Crippen MR) is 94.8 cm³/mol. The molecule has 2 heterocycles. The Balaban J connectivity index is 2.05. The van der Waals surface area contributed by atoms with Crippen molar-refractivity contribution in [3.05, 3.63) is 17.5 Å². The lowest BCUT2D eigenvalue weighted by molar-refractivity contribution is 0.0934. The molecule has 0 radical (unpaired) electrons. The molecule has 8 nitrogen and oxygen atoms in total. The highest BCUT2D eigenvalue weighted by Crippen LogP contribution is 2.14. The van der Waals surface area contributed by atoms with Gasteiger partial charge in [-0.25, -0.2) is 14.8 Å². The van der Waals surface area contributed by atoms with Gasteiger partial charge >= 0.3 is 6.09 Å². The first-order valence-electron chi connectivity index (χ1n) is 8.77. The lowest BCUT2D eigenvalue weighted by Crippen LogP contribution is -2.49. The lowest BCUT2D eigenvalue weighted by atomic mass is 10.2. The van der Waals surface area contributed by atoms with Crippen LogP contribution in [0.5, 0.6) is 0 Å². The molecule has 1 N–H and O–H groups in total. The van der Waals surface area contributed by atoms with E-state index in [1.165, 1.54) is 0 Å². The van der Waals surface area contributed by atoms with Crippen LogP contribution >= 0.6 is 0 Å². The molecule has 8 heteroatoms. The van der Waals surface area contributed by atoms with E-state index < -0.39 is 0 Å². The summed E-state index contributed by atoms with van der Waals surface area (Å²) in [4.78, 5) is 36.6. The summed E-state index contributed by atoms with van der Waals surface area (Å²) in [6.07, 6.45) is 0.569. The number of nitrogens with zero attached hydrogens (tertiary/aromatic N) is 4. The Kier molecular flexibility index (Phi) is 6.55. The first kappa shape index (κ1) is 19.0. The highest BCUT2D eigenvalue weighted by Gasteiger charge is 2.24. The predicted octanol–water partition coefficient (Wildman–Crippen LogP) is 1.59. The van der Waals surface area contributed by atoms with Crippen LogP contribution in [0.25, 0.3) is 0 Å². The van der Waals surface area contributed by atoms with E-state index in [2.05, 4.69) is 15.3 Å². The minimum atomic E-state index is -0.291. The van der Waals surface area contributed by atoms with E-state index in [1.807, 2.05) is 25.7 Å². The number of aryl methyl sites for hydroxylation is 1. The Morgan fingerprint density at radius 1 is 1.24 bits per heavy atom. The number of carbonyl (C=O) groups is 2. The van der Waals surface area contributed by atoms with Crippen LogP contribution in [-0.4, -0.2) is 65.7 Å². The van der Waals surface area contributed by atoms with Gasteiger partial charge in [-0.2, -0.15) is 0 Å². The molecule has 0 aromatic carbocycles. The molecule has 0 spiro atoms. The average Bonchev–Trinajstić information content (AvgIpc) is 2.61. The summed E-state index contributed by atoms with van der Waals surface area (Å²) < 4.78 is 5.02. The van der Waals surface area contributed by atoms with Gasteiger partial charge in [0.05, 0.1) is 6.61 Å². The number of aromatic nitrogens is 2. The highest BCUT2D eigenvalue weighted by atomic mass is 16.6. The SMILES string of the molecule is CCOC(=O)N1CCN(c2nc(C)cc(C(=O)NC(C)CC)n2)CC1. The van der Waals surface area contributed by atoms with E-state index in [4.69, 9.17) is 4.74 Å². The number of rotatable bonds is 5. The smallest absolute Gasteiger partial charge is 0.409 e. The Morgan fingerprint density at radius 2 is 1.92 bits per heavy atom. The van der Waals surface area contributed by atoms with Crippen molar-refractivity contribution in [3.8, 4) is 0 Å². The fourth-order valence-electron chi connectivity index (χ4n) is 2.51. The molecule has 1 aromatic rings. The van der Waals surface area contributed by atoms with E-state index in [0.29, 0.717) is 44.4 Å². The molecule has 0 aliphatic carbocycles. The van der Waals surface area contributed by atoms with E-state index in [9.17, 15) is 9.59 Å². The molecular weight excluding hydrogens is 322 g/mol. The van der Waals surface area contributed by atoms with Gasteiger partial charge in [-0.3, -0.25) is 4.79 Å². The summed E-state index contributed by atoms with van der Waals surface area (Å²) in [5.41, 5.74) is 1.11. The molecule has 1 fully saturated rings. The number of hydrogen-bond donors (Lipinski definition) is 1. The van der Waals surface area contributed by atoms with Crippen LogP contribution in [-0.2, 0) is 4.74 Å². The third kappa shape index (κ3) is 5.04. The Hall–Kier alpha value is -2.38. The van der Waals surface area contributed by atoms with Crippen molar-refractivity contribution in [2.45, 2.75) is 40.2 Å². The largest absolute Gasteiger partial charge is 0.450 e. The van der Waals surface area contributed by atoms with E-state index in [0.717, 1.165) is 12.1 Å². The van der Waals surface area contributed by atoms with Crippen molar-refractivity contribution < 1.29 is 14.3 Å². The van der Waals surface area contributed by atoms with Gasteiger partial charge < -0.3 is 19.9 Å². The molecule has 2 rings (SSSR count). The Bertz CT molecular complexity index is 614. The van der Waals surface area contributed by atoms with Crippen molar-refractivity contribution in [1.29, 1.82) is 0 Å². The second kappa shape index (κ2) is 8.64. The number of nitrogens with one attached hydrogen (secondary N) is 1. The van der Waals surface area contributed by atoms with Gasteiger partial charge in [0, 0.05) is 37.9 Å². The zero-order chi connectivity index (χ0) is 18.4. The summed E-state index contributed by atoms with van der Waals surface area (Å²) in [5, 5.41) is 2.92. The maximum absolute atomic E-state index is 12.3. The molecule has 1 aromatic heterocycles. The molecule has 0 bridgehead atoms. The Labute approximate surface area is 148 Å². The first-order valence-corrected chi connectivity index (χ1v) is 8.77. The van der Waals surface area contributed by atoms with Gasteiger partial charge in [0.1, 0.15) is 5.69 Å². The first-order chi connectivity index (χ1) is 11.9. The summed E-state index contributed by atoms with van der Waals surface area (Å²) >= 11 is 0. The van der Waals surface area contributed by atoms with Gasteiger partial charge in [0.2, 0.25) is 5.95 Å². The monoisotopic (exact) mass is 349 g/mol. The fourth-order valence-corrected chi connectivity index (χ4v) is 2.51. The number of piperazine rings is 1. The second-order valence-corrected chi connectivity index (χ2v) is 6.15. The number of hydrogen-bond acceptors (Lipinski definition) is 6. The van der Waals surface area contributed by atoms with Crippen LogP contribution in [0, 0.1) is 6.92 Å². The van der Waals surface area contributed by atoms with E-state index >= 15 is 0 Å². The third-order valence-electron chi connectivity index (χ3n) is 4.15. The normalized spacial score (nSPS) is 15.7. The molecule has 1 unspecified atom stereocenters. The fraction of sp³-hybridized carbons (Fsp3) is 0.647. The number of amides is 2. The van der Waals surface area contributed by atoms with Crippen LogP contribution in [0.3, 0.4) is 0 Å². The zero-order valence-corrected chi connectivity index (χ0v) is 15.4. The second-order valence-electron chi connectivity index (χ2n) is 6.15. The van der Waals surface area contributed by atoms with E-state index in [-0.39, 0.29) is 18.0 Å². The van der Waals surface area contributed by atoms with Crippen molar-refractivity contribution >= 4 is 17.9 Å². The molecule has 0 saturated carbocycles. The van der Waals surface area contributed by atoms with Crippen LogP contribution in [0.2, 0.25) is 0 Å². The average molecular weight is 349 g/mol. The van der Waals surface area contributed by atoms with Crippen molar-refractivity contribution in [1.82, 2.24) is 20.2 Å². The summed E-state index contributed by atoms with van der Waals surface area (Å²) in [6.45, 7) is 10.3. The maximum Gasteiger partial charge on any atom is 0.409 e. The summed E-state index contributed by atoms with van der Waals surface area (Å²) in [5.74, 6) is 0.337. The van der Waals surface area contributed by atoms with Gasteiger partial charge in [0.25, 0.3) is 5.91 Å². The number of ether oxygens (including phenoxy) is 1. The molecule has 1 atom stereocenters. The van der Waals surface area contributed by atoms with Gasteiger partial charge in [-0.1, -0.05) is 6.92 Å². The van der Waals surface area contributed by atoms with Crippen LogP contribution in [0.1, 0.15) is 43.4 Å². The van der Waals surface area contributed by atoms with Crippen molar-refractivity contribution in [2.24, 2.45) is 0 Å². The maximum atomic E-state index is 12.3. The summed E-state index contributed by atoms with van der Waals surface area (Å²) in [7, 11) is 0. The number of carbonyl (C=O) groups excluding carboxylic acids is 2.